The molecule has 2 unspecified atom stereocenters. The molecule has 24 heavy (non-hydrogen) atoms. The van der Waals surface area contributed by atoms with Gasteiger partial charge in [-0.2, -0.15) is 0 Å². The Kier molecular flexibility index (Phi) is 7.31. The Morgan fingerprint density at radius 3 is 2.96 bits per heavy atom. The molecule has 1 aromatic carbocycles. The molecule has 1 N–H and O–H groups in total. The van der Waals surface area contributed by atoms with Gasteiger partial charge < -0.3 is 19.7 Å². The largest absolute Gasteiger partial charge is 0.486 e. The summed E-state index contributed by atoms with van der Waals surface area (Å²) in [6.45, 7) is 7.77. The molecule has 1 aliphatic heterocycles. The Labute approximate surface area is 143 Å². The predicted molar refractivity (Wildman–Crippen MR) is 94.0 cm³/mol. The zero-order chi connectivity index (χ0) is 17.4. The molecule has 0 radical (unpaired) electrons. The first-order valence-electron chi connectivity index (χ1n) is 8.58. The average molecular weight is 337 g/mol. The van der Waals surface area contributed by atoms with Crippen molar-refractivity contribution in [1.82, 2.24) is 10.2 Å². The van der Waals surface area contributed by atoms with Crippen LogP contribution < -0.4 is 10.1 Å². The van der Waals surface area contributed by atoms with Crippen molar-refractivity contribution in [3.05, 3.63) is 30.1 Å². The number of para-hydroxylation sites is 1. The van der Waals surface area contributed by atoms with E-state index in [1.165, 1.54) is 6.07 Å². The molecule has 0 bridgehead atoms. The molecule has 0 spiro atoms. The lowest BCUT2D eigenvalue weighted by Crippen LogP contribution is -2.42. The maximum Gasteiger partial charge on any atom is 0.193 e. The molecule has 0 saturated carbocycles. The molecule has 1 saturated heterocycles. The molecule has 1 aliphatic rings. The van der Waals surface area contributed by atoms with Crippen molar-refractivity contribution in [2.24, 2.45) is 10.9 Å². The van der Waals surface area contributed by atoms with Gasteiger partial charge in [0.2, 0.25) is 0 Å². The molecule has 2 atom stereocenters. The van der Waals surface area contributed by atoms with Gasteiger partial charge in [-0.1, -0.05) is 12.1 Å². The van der Waals surface area contributed by atoms with Crippen LogP contribution >= 0.6 is 0 Å². The highest BCUT2D eigenvalue weighted by molar-refractivity contribution is 5.79. The number of benzene rings is 1. The lowest BCUT2D eigenvalue weighted by molar-refractivity contribution is 0.181. The van der Waals surface area contributed by atoms with E-state index in [1.807, 2.05) is 20.9 Å². The third-order valence-electron chi connectivity index (χ3n) is 3.92. The second kappa shape index (κ2) is 9.47. The second-order valence-electron chi connectivity index (χ2n) is 6.16. The molecule has 5 nitrogen and oxygen atoms in total. The van der Waals surface area contributed by atoms with Crippen molar-refractivity contribution < 1.29 is 13.9 Å². The van der Waals surface area contributed by atoms with Crippen LogP contribution in [-0.2, 0) is 4.74 Å². The molecular weight excluding hydrogens is 309 g/mol. The molecule has 6 heteroatoms. The van der Waals surface area contributed by atoms with Crippen LogP contribution in [0.2, 0.25) is 0 Å². The van der Waals surface area contributed by atoms with E-state index in [4.69, 9.17) is 9.47 Å². The zero-order valence-electron chi connectivity index (χ0n) is 14.8. The Bertz CT molecular complexity index is 533. The summed E-state index contributed by atoms with van der Waals surface area (Å²) in [6, 6.07) is 6.44. The monoisotopic (exact) mass is 337 g/mol. The summed E-state index contributed by atoms with van der Waals surface area (Å²) in [6.07, 6.45) is 0.884. The topological polar surface area (TPSA) is 46.1 Å². The van der Waals surface area contributed by atoms with Crippen LogP contribution in [-0.4, -0.2) is 56.9 Å². The number of rotatable bonds is 7. The third kappa shape index (κ3) is 5.67. The lowest BCUT2D eigenvalue weighted by atomic mass is 10.1. The molecule has 0 aliphatic carbocycles. The van der Waals surface area contributed by atoms with Crippen molar-refractivity contribution in [2.75, 3.05) is 39.9 Å². The summed E-state index contributed by atoms with van der Waals surface area (Å²) in [5.41, 5.74) is 0. The van der Waals surface area contributed by atoms with Gasteiger partial charge in [0.05, 0.1) is 13.2 Å². The van der Waals surface area contributed by atoms with Gasteiger partial charge in [0, 0.05) is 32.7 Å². The zero-order valence-corrected chi connectivity index (χ0v) is 14.8. The molecule has 1 heterocycles. The number of halogens is 1. The van der Waals surface area contributed by atoms with E-state index >= 15 is 0 Å². The number of hydrogen-bond acceptors (Lipinski definition) is 3. The SMILES string of the molecule is CCNC(=NCC(C)Oc1ccccc1F)N(C)CC1CCOC1. The summed E-state index contributed by atoms with van der Waals surface area (Å²) in [5, 5.41) is 3.29. The van der Waals surface area contributed by atoms with Gasteiger partial charge in [0.1, 0.15) is 6.10 Å². The summed E-state index contributed by atoms with van der Waals surface area (Å²) < 4.78 is 24.7. The van der Waals surface area contributed by atoms with E-state index in [9.17, 15) is 4.39 Å². The lowest BCUT2D eigenvalue weighted by Gasteiger charge is -2.25. The average Bonchev–Trinajstić information content (AvgIpc) is 3.06. The van der Waals surface area contributed by atoms with Gasteiger partial charge in [-0.25, -0.2) is 9.38 Å². The van der Waals surface area contributed by atoms with Crippen molar-refractivity contribution in [3.8, 4) is 5.75 Å². The van der Waals surface area contributed by atoms with E-state index in [0.717, 1.165) is 38.7 Å². The van der Waals surface area contributed by atoms with Crippen molar-refractivity contribution in [1.29, 1.82) is 0 Å². The van der Waals surface area contributed by atoms with Crippen molar-refractivity contribution in [3.63, 3.8) is 0 Å². The second-order valence-corrected chi connectivity index (χ2v) is 6.16. The number of nitrogens with one attached hydrogen (secondary N) is 1. The van der Waals surface area contributed by atoms with Crippen LogP contribution in [0.1, 0.15) is 20.3 Å². The van der Waals surface area contributed by atoms with Gasteiger partial charge in [0.25, 0.3) is 0 Å². The highest BCUT2D eigenvalue weighted by atomic mass is 19.1. The molecule has 1 fully saturated rings. The summed E-state index contributed by atoms with van der Waals surface area (Å²) in [5.74, 6) is 1.31. The minimum absolute atomic E-state index is 0.209. The van der Waals surface area contributed by atoms with Crippen LogP contribution in [0.5, 0.6) is 5.75 Å². The van der Waals surface area contributed by atoms with Crippen LogP contribution in [0.4, 0.5) is 4.39 Å². The molecule has 1 aromatic rings. The smallest absolute Gasteiger partial charge is 0.193 e. The first-order chi connectivity index (χ1) is 11.6. The fourth-order valence-corrected chi connectivity index (χ4v) is 2.68. The summed E-state index contributed by atoms with van der Waals surface area (Å²) in [7, 11) is 2.03. The highest BCUT2D eigenvalue weighted by Gasteiger charge is 2.19. The number of nitrogens with zero attached hydrogens (tertiary/aromatic N) is 2. The molecular formula is C18H28FN3O2. The molecule has 134 valence electrons. The number of hydrogen-bond donors (Lipinski definition) is 1. The minimum Gasteiger partial charge on any atom is -0.486 e. The molecule has 0 amide bonds. The number of guanidine groups is 1. The predicted octanol–water partition coefficient (Wildman–Crippen LogP) is 2.53. The fourth-order valence-electron chi connectivity index (χ4n) is 2.68. The van der Waals surface area contributed by atoms with E-state index < -0.39 is 0 Å². The van der Waals surface area contributed by atoms with Gasteiger partial charge in [-0.05, 0) is 32.4 Å². The summed E-state index contributed by atoms with van der Waals surface area (Å²) in [4.78, 5) is 6.75. The highest BCUT2D eigenvalue weighted by Crippen LogP contribution is 2.17. The van der Waals surface area contributed by atoms with Gasteiger partial charge >= 0.3 is 0 Å². The van der Waals surface area contributed by atoms with Crippen LogP contribution in [0.25, 0.3) is 0 Å². The van der Waals surface area contributed by atoms with E-state index in [0.29, 0.717) is 12.5 Å². The Balaban J connectivity index is 1.90. The molecule has 0 aromatic heterocycles. The van der Waals surface area contributed by atoms with Gasteiger partial charge in [0.15, 0.2) is 17.5 Å². The number of ether oxygens (including phenoxy) is 2. The van der Waals surface area contributed by atoms with Crippen LogP contribution in [0.15, 0.2) is 29.3 Å². The number of aliphatic imine (C=N–C) groups is 1. The Hall–Kier alpha value is -1.82. The Morgan fingerprint density at radius 2 is 2.29 bits per heavy atom. The maximum atomic E-state index is 13.6. The summed E-state index contributed by atoms with van der Waals surface area (Å²) >= 11 is 0. The standard InChI is InChI=1S/C18H28FN3O2/c1-4-20-18(22(3)12-15-9-10-23-13-15)21-11-14(2)24-17-8-6-5-7-16(17)19/h5-8,14-15H,4,9-13H2,1-3H3,(H,20,21). The maximum absolute atomic E-state index is 13.6. The van der Waals surface area contributed by atoms with Crippen LogP contribution in [0.3, 0.4) is 0 Å². The normalized spacial score (nSPS) is 19.2. The minimum atomic E-state index is -0.349. The van der Waals surface area contributed by atoms with Crippen molar-refractivity contribution >= 4 is 5.96 Å². The van der Waals surface area contributed by atoms with Gasteiger partial charge in [-0.15, -0.1) is 0 Å². The van der Waals surface area contributed by atoms with E-state index in [-0.39, 0.29) is 17.7 Å². The van der Waals surface area contributed by atoms with Gasteiger partial charge in [-0.3, -0.25) is 0 Å². The Morgan fingerprint density at radius 1 is 1.50 bits per heavy atom. The third-order valence-corrected chi connectivity index (χ3v) is 3.92. The van der Waals surface area contributed by atoms with Crippen LogP contribution in [0, 0.1) is 11.7 Å². The van der Waals surface area contributed by atoms with E-state index in [1.54, 1.807) is 18.2 Å². The molecule has 2 rings (SSSR count). The van der Waals surface area contributed by atoms with E-state index in [2.05, 4.69) is 15.2 Å². The van der Waals surface area contributed by atoms with Crippen molar-refractivity contribution in [2.45, 2.75) is 26.4 Å². The quantitative estimate of drug-likeness (QED) is 0.613. The fraction of sp³-hybridized carbons (Fsp3) is 0.611. The first kappa shape index (κ1) is 18.5. The first-order valence-corrected chi connectivity index (χ1v) is 8.58.